The third kappa shape index (κ3) is 2.77. The first-order valence-corrected chi connectivity index (χ1v) is 7.87. The Balaban J connectivity index is 2.60. The predicted molar refractivity (Wildman–Crippen MR) is 91.1 cm³/mol. The van der Waals surface area contributed by atoms with Crippen molar-refractivity contribution in [2.24, 2.45) is 0 Å². The van der Waals surface area contributed by atoms with Gasteiger partial charge in [0.1, 0.15) is 11.3 Å². The van der Waals surface area contributed by atoms with Crippen LogP contribution in [0, 0.1) is 0 Å². The van der Waals surface area contributed by atoms with Crippen molar-refractivity contribution in [3.8, 4) is 0 Å². The van der Waals surface area contributed by atoms with E-state index in [-0.39, 0.29) is 26.5 Å². The van der Waals surface area contributed by atoms with E-state index in [4.69, 9.17) is 11.6 Å². The lowest BCUT2D eigenvalue weighted by molar-refractivity contribution is -0.126. The summed E-state index contributed by atoms with van der Waals surface area (Å²) in [5, 5.41) is 12.9. The predicted octanol–water partition coefficient (Wildman–Crippen LogP) is 2.55. The molecule has 0 aliphatic heterocycles. The first-order chi connectivity index (χ1) is 10.2. The Kier molecular flexibility index (Phi) is 4.62. The molecule has 1 aliphatic carbocycles. The van der Waals surface area contributed by atoms with Crippen molar-refractivity contribution in [3.05, 3.63) is 39.9 Å². The van der Waals surface area contributed by atoms with Gasteiger partial charge in [0.25, 0.3) is 5.91 Å². The molecule has 1 aliphatic rings. The molecule has 0 heterocycles. The highest BCUT2D eigenvalue weighted by Crippen LogP contribution is 2.42. The molecule has 0 spiro atoms. The normalized spacial score (nSPS) is 16.3. The fourth-order valence-electron chi connectivity index (χ4n) is 2.40. The van der Waals surface area contributed by atoms with E-state index in [0.717, 1.165) is 0 Å². The number of halogens is 2. The van der Waals surface area contributed by atoms with Crippen molar-refractivity contribution >= 4 is 55.4 Å². The minimum Gasteiger partial charge on any atom is -0.506 e. The lowest BCUT2D eigenvalue weighted by atomic mass is 9.71. The van der Waals surface area contributed by atoms with Crippen molar-refractivity contribution < 1.29 is 19.5 Å². The minimum absolute atomic E-state index is 0.223. The van der Waals surface area contributed by atoms with Gasteiger partial charge in [-0.25, -0.2) is 0 Å². The van der Waals surface area contributed by atoms with Gasteiger partial charge in [0.2, 0.25) is 3.79 Å². The van der Waals surface area contributed by atoms with Gasteiger partial charge in [-0.2, -0.15) is 0 Å². The molecule has 1 aromatic rings. The molecule has 0 radical (unpaired) electrons. The van der Waals surface area contributed by atoms with Crippen molar-refractivity contribution in [1.82, 2.24) is 5.32 Å². The van der Waals surface area contributed by atoms with Gasteiger partial charge >= 0.3 is 0 Å². The maximum absolute atomic E-state index is 12.6. The third-order valence-corrected chi connectivity index (χ3v) is 4.27. The van der Waals surface area contributed by atoms with Crippen LogP contribution in [0.1, 0.15) is 25.0 Å². The number of nitrogens with one attached hydrogen (secondary N) is 1. The third-order valence-electron chi connectivity index (χ3n) is 3.57. The van der Waals surface area contributed by atoms with Gasteiger partial charge in [0.15, 0.2) is 5.78 Å². The number of fused-ring (bicyclic) bond motifs is 1. The molecule has 116 valence electrons. The molecule has 22 heavy (non-hydrogen) atoms. The van der Waals surface area contributed by atoms with Gasteiger partial charge in [0, 0.05) is 28.2 Å². The highest BCUT2D eigenvalue weighted by Gasteiger charge is 2.43. The molecular weight excluding hydrogens is 421 g/mol. The number of hydrogen-bond acceptors (Lipinski definition) is 4. The maximum atomic E-state index is 12.6. The van der Waals surface area contributed by atoms with E-state index in [0.29, 0.717) is 5.56 Å². The smallest absolute Gasteiger partial charge is 0.259 e. The Morgan fingerprint density at radius 3 is 2.59 bits per heavy atom. The molecule has 0 bridgehead atoms. The zero-order chi connectivity index (χ0) is 16.7. The molecule has 0 atom stereocenters. The quantitative estimate of drug-likeness (QED) is 0.436. The van der Waals surface area contributed by atoms with Crippen molar-refractivity contribution in [3.63, 3.8) is 0 Å². The number of ketones is 1. The fraction of sp³-hybridized carbons (Fsp3) is 0.267. The largest absolute Gasteiger partial charge is 0.506 e. The van der Waals surface area contributed by atoms with E-state index in [9.17, 15) is 19.5 Å². The van der Waals surface area contributed by atoms with Crippen LogP contribution in [0.3, 0.4) is 0 Å². The van der Waals surface area contributed by atoms with Gasteiger partial charge in [0.05, 0.1) is 17.0 Å². The molecule has 2 N–H and O–H groups in total. The van der Waals surface area contributed by atoms with Crippen LogP contribution in [-0.2, 0) is 19.8 Å². The van der Waals surface area contributed by atoms with Crippen LogP contribution in [0.2, 0.25) is 5.02 Å². The standard InChI is InChI=1S/C15H13ClINO4/c1-15(2)7-4-3-5-8(16)10(7)12(20)11(13(15)21)14(22)18-6-9(17)19/h3-5,20H,6H2,1-2H3,(H,18,22). The van der Waals surface area contributed by atoms with Gasteiger partial charge in [-0.05, 0) is 25.5 Å². The Hall–Kier alpha value is -1.41. The van der Waals surface area contributed by atoms with Crippen LogP contribution in [0.25, 0.3) is 5.76 Å². The molecule has 0 aromatic heterocycles. The summed E-state index contributed by atoms with van der Waals surface area (Å²) in [6, 6.07) is 4.95. The average molecular weight is 434 g/mol. The van der Waals surface area contributed by atoms with E-state index in [1.165, 1.54) is 22.6 Å². The van der Waals surface area contributed by atoms with Crippen LogP contribution in [0.4, 0.5) is 0 Å². The molecule has 7 heteroatoms. The number of Topliss-reactive ketones (excluding diaryl/α,β-unsaturated/α-hetero) is 1. The topological polar surface area (TPSA) is 83.5 Å². The van der Waals surface area contributed by atoms with Crippen LogP contribution >= 0.6 is 34.2 Å². The molecule has 1 amide bonds. The number of benzene rings is 1. The maximum Gasteiger partial charge on any atom is 0.259 e. The monoisotopic (exact) mass is 433 g/mol. The lowest BCUT2D eigenvalue weighted by Gasteiger charge is -2.32. The molecule has 5 nitrogen and oxygen atoms in total. The SMILES string of the molecule is CC1(C)C(=O)C(C(=O)NCC(=O)I)=C(O)c2c(Cl)cccc21. The van der Waals surface area contributed by atoms with Crippen LogP contribution in [0.15, 0.2) is 23.8 Å². The summed E-state index contributed by atoms with van der Waals surface area (Å²) in [6.45, 7) is 3.10. The summed E-state index contributed by atoms with van der Waals surface area (Å²) in [4.78, 5) is 35.8. The van der Waals surface area contributed by atoms with Gasteiger partial charge in [-0.15, -0.1) is 0 Å². The summed E-state index contributed by atoms with van der Waals surface area (Å²) >= 11 is 7.65. The number of carbonyl (C=O) groups is 3. The number of aliphatic hydroxyl groups is 1. The second kappa shape index (κ2) is 6.00. The molecule has 0 saturated heterocycles. The Labute approximate surface area is 145 Å². The minimum atomic E-state index is -1.01. The van der Waals surface area contributed by atoms with Crippen molar-refractivity contribution in [2.45, 2.75) is 19.3 Å². The van der Waals surface area contributed by atoms with E-state index < -0.39 is 22.9 Å². The highest BCUT2D eigenvalue weighted by atomic mass is 127. The van der Waals surface area contributed by atoms with E-state index in [1.807, 2.05) is 0 Å². The number of aliphatic hydroxyl groups excluding tert-OH is 1. The molecule has 2 rings (SSSR count). The molecular formula is C15H13ClINO4. The van der Waals surface area contributed by atoms with Crippen LogP contribution < -0.4 is 5.32 Å². The van der Waals surface area contributed by atoms with Gasteiger partial charge < -0.3 is 10.4 Å². The van der Waals surface area contributed by atoms with Crippen LogP contribution in [-0.4, -0.2) is 27.1 Å². The lowest BCUT2D eigenvalue weighted by Crippen LogP contribution is -2.42. The van der Waals surface area contributed by atoms with E-state index in [1.54, 1.807) is 32.0 Å². The summed E-state index contributed by atoms with van der Waals surface area (Å²) in [6.07, 6.45) is 0. The van der Waals surface area contributed by atoms with E-state index >= 15 is 0 Å². The number of rotatable bonds is 3. The second-order valence-corrected chi connectivity index (χ2v) is 6.99. The Morgan fingerprint density at radius 1 is 1.36 bits per heavy atom. The highest BCUT2D eigenvalue weighted by molar-refractivity contribution is 14.1. The summed E-state index contributed by atoms with van der Waals surface area (Å²) < 4.78 is -0.285. The van der Waals surface area contributed by atoms with E-state index in [2.05, 4.69) is 5.32 Å². The number of hydrogen-bond donors (Lipinski definition) is 2. The average Bonchev–Trinajstić information content (AvgIpc) is 2.43. The molecule has 1 aromatic carbocycles. The number of carbonyl (C=O) groups excluding carboxylic acids is 3. The molecule has 0 saturated carbocycles. The summed E-state index contributed by atoms with van der Waals surface area (Å²) in [5.74, 6) is -1.76. The van der Waals surface area contributed by atoms with Crippen molar-refractivity contribution in [2.75, 3.05) is 6.54 Å². The molecule has 0 unspecified atom stereocenters. The first kappa shape index (κ1) is 17.0. The van der Waals surface area contributed by atoms with Gasteiger partial charge in [-0.3, -0.25) is 14.4 Å². The summed E-state index contributed by atoms with van der Waals surface area (Å²) in [5.41, 5.74) is -0.542. The van der Waals surface area contributed by atoms with Gasteiger partial charge in [-0.1, -0.05) is 23.7 Å². The zero-order valence-electron chi connectivity index (χ0n) is 11.9. The molecule has 0 fully saturated rings. The Morgan fingerprint density at radius 2 is 2.00 bits per heavy atom. The summed E-state index contributed by atoms with van der Waals surface area (Å²) in [7, 11) is 0. The van der Waals surface area contributed by atoms with Crippen molar-refractivity contribution in [1.29, 1.82) is 0 Å². The Bertz CT molecular complexity index is 724. The van der Waals surface area contributed by atoms with Crippen LogP contribution in [0.5, 0.6) is 0 Å². The zero-order valence-corrected chi connectivity index (χ0v) is 14.8. The second-order valence-electron chi connectivity index (χ2n) is 5.38. The first-order valence-electron chi connectivity index (χ1n) is 6.42. The fourth-order valence-corrected chi connectivity index (χ4v) is 2.86. The number of amides is 1.